The number of nitrogens with one attached hydrogen (secondary N) is 1. The summed E-state index contributed by atoms with van der Waals surface area (Å²) in [6.07, 6.45) is 7.98. The van der Waals surface area contributed by atoms with Gasteiger partial charge in [-0.15, -0.1) is 0 Å². The fourth-order valence-electron chi connectivity index (χ4n) is 2.30. The lowest BCUT2D eigenvalue weighted by Gasteiger charge is -2.18. The van der Waals surface area contributed by atoms with Crippen LogP contribution in [-0.2, 0) is 6.54 Å². The Bertz CT molecular complexity index is 488. The number of nitrogens with zero attached hydrogens (tertiary/aromatic N) is 1. The number of rotatable bonds is 5. The van der Waals surface area contributed by atoms with Gasteiger partial charge in [0.1, 0.15) is 0 Å². The Kier molecular flexibility index (Phi) is 5.10. The highest BCUT2D eigenvalue weighted by Gasteiger charge is 2.11. The molecule has 0 bridgehead atoms. The van der Waals surface area contributed by atoms with Gasteiger partial charge < -0.3 is 5.32 Å². The summed E-state index contributed by atoms with van der Waals surface area (Å²) in [6, 6.07) is 5.06. The van der Waals surface area contributed by atoms with Crippen LogP contribution in [0.4, 0.5) is 5.69 Å². The van der Waals surface area contributed by atoms with E-state index in [0.717, 1.165) is 29.4 Å². The number of benzene rings is 1. The molecule has 1 atom stereocenters. The van der Waals surface area contributed by atoms with Gasteiger partial charge >= 0.3 is 0 Å². The van der Waals surface area contributed by atoms with Gasteiger partial charge in [0.05, 0.1) is 4.92 Å². The van der Waals surface area contributed by atoms with E-state index in [1.54, 1.807) is 6.07 Å². The van der Waals surface area contributed by atoms with Crippen LogP contribution in [0.2, 0.25) is 0 Å². The van der Waals surface area contributed by atoms with Crippen LogP contribution in [0.3, 0.4) is 0 Å². The molecule has 1 N–H and O–H groups in total. The Morgan fingerprint density at radius 2 is 2.21 bits per heavy atom. The molecule has 2 rings (SSSR count). The molecule has 0 spiro atoms. The van der Waals surface area contributed by atoms with E-state index in [9.17, 15) is 10.1 Å². The van der Waals surface area contributed by atoms with Crippen LogP contribution in [-0.4, -0.2) is 11.5 Å². The molecule has 19 heavy (non-hydrogen) atoms. The molecule has 0 saturated carbocycles. The number of non-ortho nitro benzene ring substituents is 1. The summed E-state index contributed by atoms with van der Waals surface area (Å²) in [5.74, 6) is 0.687. The van der Waals surface area contributed by atoms with Crippen LogP contribution in [0.25, 0.3) is 0 Å². The van der Waals surface area contributed by atoms with Crippen LogP contribution in [0.5, 0.6) is 0 Å². The largest absolute Gasteiger partial charge is 0.312 e. The quantitative estimate of drug-likeness (QED) is 0.509. The predicted molar refractivity (Wildman–Crippen MR) is 79.0 cm³/mol. The van der Waals surface area contributed by atoms with Crippen molar-refractivity contribution in [2.75, 3.05) is 6.54 Å². The molecule has 1 unspecified atom stereocenters. The fourth-order valence-corrected chi connectivity index (χ4v) is 2.83. The molecule has 0 radical (unpaired) electrons. The summed E-state index contributed by atoms with van der Waals surface area (Å²) in [7, 11) is 0. The zero-order valence-corrected chi connectivity index (χ0v) is 12.2. The topological polar surface area (TPSA) is 55.2 Å². The van der Waals surface area contributed by atoms with Crippen LogP contribution < -0.4 is 5.32 Å². The number of nitro groups is 1. The molecule has 1 aliphatic carbocycles. The maximum Gasteiger partial charge on any atom is 0.270 e. The lowest BCUT2D eigenvalue weighted by molar-refractivity contribution is -0.385. The first-order valence-electron chi connectivity index (χ1n) is 6.45. The van der Waals surface area contributed by atoms with Gasteiger partial charge in [-0.1, -0.05) is 28.1 Å². The second kappa shape index (κ2) is 6.82. The van der Waals surface area contributed by atoms with E-state index in [1.165, 1.54) is 12.5 Å². The average Bonchev–Trinajstić information content (AvgIpc) is 2.39. The second-order valence-corrected chi connectivity index (χ2v) is 5.77. The van der Waals surface area contributed by atoms with Gasteiger partial charge in [-0.2, -0.15) is 0 Å². The molecule has 0 heterocycles. The van der Waals surface area contributed by atoms with Gasteiger partial charge in [-0.05, 0) is 43.4 Å². The van der Waals surface area contributed by atoms with Crippen molar-refractivity contribution in [1.82, 2.24) is 5.32 Å². The van der Waals surface area contributed by atoms with E-state index in [4.69, 9.17) is 0 Å². The molecule has 0 amide bonds. The highest BCUT2D eigenvalue weighted by molar-refractivity contribution is 9.10. The highest BCUT2D eigenvalue weighted by atomic mass is 79.9. The summed E-state index contributed by atoms with van der Waals surface area (Å²) in [6.45, 7) is 1.63. The van der Waals surface area contributed by atoms with Crippen LogP contribution in [0, 0.1) is 16.0 Å². The summed E-state index contributed by atoms with van der Waals surface area (Å²) in [4.78, 5) is 10.4. The van der Waals surface area contributed by atoms with Gasteiger partial charge in [-0.3, -0.25) is 10.1 Å². The molecule has 1 aromatic rings. The van der Waals surface area contributed by atoms with Crippen molar-refractivity contribution in [1.29, 1.82) is 0 Å². The van der Waals surface area contributed by atoms with Gasteiger partial charge in [-0.25, -0.2) is 0 Å². The van der Waals surface area contributed by atoms with Crippen LogP contribution in [0.15, 0.2) is 34.8 Å². The zero-order valence-electron chi connectivity index (χ0n) is 10.6. The summed E-state index contributed by atoms with van der Waals surface area (Å²) in [5, 5.41) is 14.2. The normalized spacial score (nSPS) is 18.5. The van der Waals surface area contributed by atoms with Crippen molar-refractivity contribution < 1.29 is 4.92 Å². The van der Waals surface area contributed by atoms with Gasteiger partial charge in [0, 0.05) is 23.2 Å². The molecule has 4 nitrogen and oxygen atoms in total. The van der Waals surface area contributed by atoms with Crippen molar-refractivity contribution in [3.63, 3.8) is 0 Å². The predicted octanol–water partition coefficient (Wildman–Crippen LogP) is 3.80. The number of allylic oxidation sites excluding steroid dienone is 2. The summed E-state index contributed by atoms with van der Waals surface area (Å²) in [5.41, 5.74) is 1.07. The first kappa shape index (κ1) is 14.2. The molecule has 102 valence electrons. The van der Waals surface area contributed by atoms with Crippen molar-refractivity contribution in [3.05, 3.63) is 50.5 Å². The maximum atomic E-state index is 10.8. The molecule has 5 heteroatoms. The Labute approximate surface area is 121 Å². The van der Waals surface area contributed by atoms with Gasteiger partial charge in [0.2, 0.25) is 0 Å². The van der Waals surface area contributed by atoms with Crippen molar-refractivity contribution in [2.24, 2.45) is 5.92 Å². The third-order valence-electron chi connectivity index (χ3n) is 3.29. The van der Waals surface area contributed by atoms with Crippen molar-refractivity contribution in [2.45, 2.75) is 25.8 Å². The molecular formula is C14H17BrN2O2. The van der Waals surface area contributed by atoms with E-state index in [0.29, 0.717) is 12.5 Å². The SMILES string of the molecule is O=[N+]([O-])c1cc(Br)cc(CNCC2CC=CCC2)c1. The summed E-state index contributed by atoms with van der Waals surface area (Å²) >= 11 is 3.31. The van der Waals surface area contributed by atoms with E-state index in [2.05, 4.69) is 33.4 Å². The molecule has 0 aliphatic heterocycles. The van der Waals surface area contributed by atoms with Gasteiger partial charge in [0.15, 0.2) is 0 Å². The van der Waals surface area contributed by atoms with Gasteiger partial charge in [0.25, 0.3) is 5.69 Å². The number of hydrogen-bond donors (Lipinski definition) is 1. The van der Waals surface area contributed by atoms with E-state index >= 15 is 0 Å². The third-order valence-corrected chi connectivity index (χ3v) is 3.75. The molecule has 1 aliphatic rings. The highest BCUT2D eigenvalue weighted by Crippen LogP contribution is 2.22. The van der Waals surface area contributed by atoms with E-state index in [-0.39, 0.29) is 10.6 Å². The molecular weight excluding hydrogens is 308 g/mol. The molecule has 0 aromatic heterocycles. The Balaban J connectivity index is 1.88. The lowest BCUT2D eigenvalue weighted by Crippen LogP contribution is -2.23. The minimum atomic E-state index is -0.361. The third kappa shape index (κ3) is 4.44. The average molecular weight is 325 g/mol. The van der Waals surface area contributed by atoms with E-state index < -0.39 is 0 Å². The standard InChI is InChI=1S/C14H17BrN2O2/c15-13-6-12(7-14(8-13)17(18)19)10-16-9-11-4-2-1-3-5-11/h1-2,6-8,11,16H,3-5,9-10H2. The minimum Gasteiger partial charge on any atom is -0.312 e. The maximum absolute atomic E-state index is 10.8. The van der Waals surface area contributed by atoms with Crippen molar-refractivity contribution in [3.8, 4) is 0 Å². The molecule has 0 fully saturated rings. The number of nitro benzene ring substituents is 1. The number of hydrogen-bond acceptors (Lipinski definition) is 3. The Hall–Kier alpha value is -1.20. The molecule has 1 aromatic carbocycles. The fraction of sp³-hybridized carbons (Fsp3) is 0.429. The second-order valence-electron chi connectivity index (χ2n) is 4.86. The van der Waals surface area contributed by atoms with Crippen LogP contribution in [0.1, 0.15) is 24.8 Å². The van der Waals surface area contributed by atoms with E-state index in [1.807, 2.05) is 6.07 Å². The number of halogens is 1. The molecule has 0 saturated heterocycles. The monoisotopic (exact) mass is 324 g/mol. The Morgan fingerprint density at radius 1 is 1.37 bits per heavy atom. The van der Waals surface area contributed by atoms with Crippen LogP contribution >= 0.6 is 15.9 Å². The minimum absolute atomic E-state index is 0.131. The zero-order chi connectivity index (χ0) is 13.7. The first-order valence-corrected chi connectivity index (χ1v) is 7.24. The lowest BCUT2D eigenvalue weighted by atomic mass is 9.94. The smallest absolute Gasteiger partial charge is 0.270 e. The Morgan fingerprint density at radius 3 is 2.89 bits per heavy atom. The van der Waals surface area contributed by atoms with Crippen molar-refractivity contribution >= 4 is 21.6 Å². The first-order chi connectivity index (χ1) is 9.15. The summed E-state index contributed by atoms with van der Waals surface area (Å²) < 4.78 is 0.749.